The van der Waals surface area contributed by atoms with E-state index in [9.17, 15) is 8.42 Å². The van der Waals surface area contributed by atoms with E-state index in [1.54, 1.807) is 4.31 Å². The summed E-state index contributed by atoms with van der Waals surface area (Å²) in [6, 6.07) is 2.05. The molecule has 2 aromatic rings. The molecule has 2 fully saturated rings. The van der Waals surface area contributed by atoms with Crippen LogP contribution < -0.4 is 0 Å². The number of nitrogens with zero attached hydrogens (tertiary/aromatic N) is 4. The average molecular weight is 419 g/mol. The molecule has 1 aromatic carbocycles. The highest BCUT2D eigenvalue weighted by atomic mass is 32.2. The van der Waals surface area contributed by atoms with Crippen LogP contribution in [0.1, 0.15) is 65.7 Å². The van der Waals surface area contributed by atoms with Crippen LogP contribution in [-0.2, 0) is 10.0 Å². The van der Waals surface area contributed by atoms with E-state index in [4.69, 9.17) is 4.52 Å². The van der Waals surface area contributed by atoms with Crippen LogP contribution in [0.4, 0.5) is 0 Å². The number of hydrogen-bond donors (Lipinski definition) is 0. The maximum atomic E-state index is 13.4. The van der Waals surface area contributed by atoms with Gasteiger partial charge in [-0.25, -0.2) is 8.42 Å². The number of aryl methyl sites for hydroxylation is 2. The van der Waals surface area contributed by atoms with Crippen molar-refractivity contribution in [3.05, 3.63) is 40.0 Å². The molecule has 0 amide bonds. The Kier molecular flexibility index (Phi) is 5.29. The second-order valence-electron chi connectivity index (χ2n) is 8.47. The lowest BCUT2D eigenvalue weighted by Crippen LogP contribution is -2.49. The van der Waals surface area contributed by atoms with Gasteiger partial charge in [0.2, 0.25) is 15.9 Å². The maximum absolute atomic E-state index is 13.4. The van der Waals surface area contributed by atoms with Crippen LogP contribution in [0, 0.1) is 27.7 Å². The van der Waals surface area contributed by atoms with E-state index >= 15 is 0 Å². The summed E-state index contributed by atoms with van der Waals surface area (Å²) in [6.07, 6.45) is 2.28. The van der Waals surface area contributed by atoms with E-state index in [0.29, 0.717) is 42.9 Å². The molecule has 7 nitrogen and oxygen atoms in total. The van der Waals surface area contributed by atoms with Gasteiger partial charge in [0, 0.05) is 32.1 Å². The Bertz CT molecular complexity index is 993. The molecule has 1 aromatic heterocycles. The first kappa shape index (κ1) is 20.5. The minimum atomic E-state index is -3.53. The number of benzene rings is 1. The van der Waals surface area contributed by atoms with E-state index in [2.05, 4.69) is 21.1 Å². The van der Waals surface area contributed by atoms with E-state index in [-0.39, 0.29) is 6.04 Å². The number of sulfonamides is 1. The Morgan fingerprint density at radius 1 is 1.03 bits per heavy atom. The quantitative estimate of drug-likeness (QED) is 0.742. The van der Waals surface area contributed by atoms with Gasteiger partial charge in [-0.2, -0.15) is 9.29 Å². The summed E-state index contributed by atoms with van der Waals surface area (Å²) in [7, 11) is -3.53. The van der Waals surface area contributed by atoms with Crippen molar-refractivity contribution in [1.29, 1.82) is 0 Å². The molecule has 1 saturated heterocycles. The van der Waals surface area contributed by atoms with Crippen molar-refractivity contribution in [2.45, 2.75) is 64.3 Å². The number of piperazine rings is 1. The van der Waals surface area contributed by atoms with E-state index in [1.165, 1.54) is 0 Å². The zero-order valence-electron chi connectivity index (χ0n) is 17.9. The van der Waals surface area contributed by atoms with Crippen LogP contribution in [0.2, 0.25) is 0 Å². The predicted octanol–water partition coefficient (Wildman–Crippen LogP) is 3.25. The highest BCUT2D eigenvalue weighted by molar-refractivity contribution is 7.89. The summed E-state index contributed by atoms with van der Waals surface area (Å²) in [5.41, 5.74) is 3.73. The standard InChI is InChI=1S/C21H30N4O3S/c1-13-12-14(2)16(4)19(15(13)3)29(26,27)25-10-8-24(9-11-25)17(5)21-22-20(23-28-21)18-6-7-18/h12,17-18H,6-11H2,1-5H3. The minimum Gasteiger partial charge on any atom is -0.338 e. The molecule has 2 aliphatic rings. The Morgan fingerprint density at radius 3 is 2.17 bits per heavy atom. The molecule has 1 atom stereocenters. The molecule has 8 heteroatoms. The highest BCUT2D eigenvalue weighted by Gasteiger charge is 2.35. The number of rotatable bonds is 5. The normalized spacial score (nSPS) is 20.2. The molecule has 4 rings (SSSR count). The number of aromatic nitrogens is 2. The molecule has 1 saturated carbocycles. The summed E-state index contributed by atoms with van der Waals surface area (Å²) in [5.74, 6) is 1.91. The molecule has 1 aliphatic carbocycles. The number of hydrogen-bond acceptors (Lipinski definition) is 6. The first-order chi connectivity index (χ1) is 13.7. The van der Waals surface area contributed by atoms with Crippen molar-refractivity contribution >= 4 is 10.0 Å². The van der Waals surface area contributed by atoms with Gasteiger partial charge in [0.15, 0.2) is 5.82 Å². The van der Waals surface area contributed by atoms with Crippen LogP contribution >= 0.6 is 0 Å². The molecule has 1 aliphatic heterocycles. The largest absolute Gasteiger partial charge is 0.338 e. The Morgan fingerprint density at radius 2 is 1.62 bits per heavy atom. The predicted molar refractivity (Wildman–Crippen MR) is 110 cm³/mol. The van der Waals surface area contributed by atoms with Gasteiger partial charge in [0.25, 0.3) is 0 Å². The van der Waals surface area contributed by atoms with E-state index in [1.807, 2.05) is 34.6 Å². The molecule has 29 heavy (non-hydrogen) atoms. The molecule has 0 bridgehead atoms. The topological polar surface area (TPSA) is 79.5 Å². The summed E-state index contributed by atoms with van der Waals surface area (Å²) in [5, 5.41) is 4.10. The summed E-state index contributed by atoms with van der Waals surface area (Å²) in [6.45, 7) is 12.0. The Balaban J connectivity index is 1.49. The van der Waals surface area contributed by atoms with Gasteiger partial charge in [-0.05, 0) is 69.7 Å². The maximum Gasteiger partial charge on any atom is 0.243 e. The minimum absolute atomic E-state index is 0.00968. The summed E-state index contributed by atoms with van der Waals surface area (Å²) in [4.78, 5) is 7.25. The monoisotopic (exact) mass is 418 g/mol. The van der Waals surface area contributed by atoms with Crippen molar-refractivity contribution in [1.82, 2.24) is 19.3 Å². The second kappa shape index (κ2) is 7.49. The van der Waals surface area contributed by atoms with Gasteiger partial charge in [-0.1, -0.05) is 11.2 Å². The van der Waals surface area contributed by atoms with Gasteiger partial charge in [-0.15, -0.1) is 0 Å². The van der Waals surface area contributed by atoms with E-state index in [0.717, 1.165) is 40.9 Å². The van der Waals surface area contributed by atoms with Crippen LogP contribution in [0.15, 0.2) is 15.5 Å². The Hall–Kier alpha value is -1.77. The molecule has 0 N–H and O–H groups in total. The molecule has 0 radical (unpaired) electrons. The highest BCUT2D eigenvalue weighted by Crippen LogP contribution is 2.38. The first-order valence-corrected chi connectivity index (χ1v) is 11.8. The van der Waals surface area contributed by atoms with Gasteiger partial charge in [0.1, 0.15) is 0 Å². The van der Waals surface area contributed by atoms with Crippen molar-refractivity contribution in [3.63, 3.8) is 0 Å². The fourth-order valence-corrected chi connectivity index (χ4v) is 6.11. The third-order valence-electron chi connectivity index (χ3n) is 6.47. The summed E-state index contributed by atoms with van der Waals surface area (Å²) < 4.78 is 33.9. The van der Waals surface area contributed by atoms with Crippen LogP contribution in [0.25, 0.3) is 0 Å². The van der Waals surface area contributed by atoms with Gasteiger partial charge < -0.3 is 4.52 Å². The molecule has 1 unspecified atom stereocenters. The van der Waals surface area contributed by atoms with Gasteiger partial charge in [0.05, 0.1) is 10.9 Å². The molecule has 0 spiro atoms. The van der Waals surface area contributed by atoms with Crippen molar-refractivity contribution in [3.8, 4) is 0 Å². The smallest absolute Gasteiger partial charge is 0.243 e. The zero-order chi connectivity index (χ0) is 20.9. The van der Waals surface area contributed by atoms with Crippen molar-refractivity contribution in [2.24, 2.45) is 0 Å². The zero-order valence-corrected chi connectivity index (χ0v) is 18.7. The SMILES string of the molecule is Cc1cc(C)c(C)c(S(=O)(=O)N2CCN(C(C)c3nc(C4CC4)no3)CC2)c1C. The molecule has 158 valence electrons. The molecular formula is C21H30N4O3S. The van der Waals surface area contributed by atoms with Crippen molar-refractivity contribution in [2.75, 3.05) is 26.2 Å². The van der Waals surface area contributed by atoms with Crippen LogP contribution in [0.3, 0.4) is 0 Å². The van der Waals surface area contributed by atoms with E-state index < -0.39 is 10.0 Å². The fraction of sp³-hybridized carbons (Fsp3) is 0.619. The average Bonchev–Trinajstić information content (AvgIpc) is 3.43. The van der Waals surface area contributed by atoms with Crippen LogP contribution in [-0.4, -0.2) is 53.9 Å². The third kappa shape index (κ3) is 3.73. The van der Waals surface area contributed by atoms with Crippen molar-refractivity contribution < 1.29 is 12.9 Å². The summed E-state index contributed by atoms with van der Waals surface area (Å²) >= 11 is 0. The lowest BCUT2D eigenvalue weighted by molar-refractivity contribution is 0.124. The first-order valence-electron chi connectivity index (χ1n) is 10.3. The fourth-order valence-electron chi connectivity index (χ4n) is 4.11. The Labute approximate surface area is 173 Å². The molecule has 2 heterocycles. The lowest BCUT2D eigenvalue weighted by atomic mass is 10.0. The van der Waals surface area contributed by atoms with Gasteiger partial charge in [-0.3, -0.25) is 4.90 Å². The molecular weight excluding hydrogens is 388 g/mol. The second-order valence-corrected chi connectivity index (χ2v) is 10.3. The third-order valence-corrected chi connectivity index (χ3v) is 8.65. The van der Waals surface area contributed by atoms with Crippen LogP contribution in [0.5, 0.6) is 0 Å². The lowest BCUT2D eigenvalue weighted by Gasteiger charge is -2.36. The van der Waals surface area contributed by atoms with Gasteiger partial charge >= 0.3 is 0 Å².